The van der Waals surface area contributed by atoms with E-state index in [4.69, 9.17) is 0 Å². The van der Waals surface area contributed by atoms with Gasteiger partial charge in [-0.15, -0.1) is 0 Å². The second kappa shape index (κ2) is 6.39. The summed E-state index contributed by atoms with van der Waals surface area (Å²) in [6.07, 6.45) is 3.20. The van der Waals surface area contributed by atoms with E-state index in [1.54, 1.807) is 35.7 Å². The Morgan fingerprint density at radius 3 is 2.68 bits per heavy atom. The molecule has 2 heterocycles. The van der Waals surface area contributed by atoms with Crippen LogP contribution in [-0.2, 0) is 10.3 Å². The summed E-state index contributed by atoms with van der Waals surface area (Å²) in [5.74, 6) is -1.99. The van der Waals surface area contributed by atoms with E-state index in [2.05, 4.69) is 5.32 Å². The number of carbonyl (C=O) groups excluding carboxylic acids is 1. The number of hydrogen-bond donors (Lipinski definition) is 2. The number of aromatic nitrogens is 1. The summed E-state index contributed by atoms with van der Waals surface area (Å²) >= 11 is 0. The molecule has 2 aromatic heterocycles. The highest BCUT2D eigenvalue weighted by atomic mass is 19.1. The van der Waals surface area contributed by atoms with Gasteiger partial charge in [-0.05, 0) is 42.8 Å². The lowest BCUT2D eigenvalue weighted by Crippen LogP contribution is -2.45. The molecule has 3 aromatic rings. The van der Waals surface area contributed by atoms with Gasteiger partial charge in [0.2, 0.25) is 0 Å². The summed E-state index contributed by atoms with van der Waals surface area (Å²) in [5, 5.41) is 12.0. The SMILES string of the molecule is CC(CC(=O)O)(NC(=O)c1ccn2ccccc12)c1cccc(F)c1. The number of halogens is 1. The van der Waals surface area contributed by atoms with Crippen LogP contribution >= 0.6 is 0 Å². The van der Waals surface area contributed by atoms with Gasteiger partial charge in [0.1, 0.15) is 5.82 Å². The van der Waals surface area contributed by atoms with E-state index in [1.165, 1.54) is 18.2 Å². The fourth-order valence-electron chi connectivity index (χ4n) is 2.92. The molecule has 0 fully saturated rings. The van der Waals surface area contributed by atoms with Gasteiger partial charge in [-0.25, -0.2) is 4.39 Å². The van der Waals surface area contributed by atoms with Gasteiger partial charge in [-0.1, -0.05) is 18.2 Å². The normalized spacial score (nSPS) is 13.4. The van der Waals surface area contributed by atoms with Crippen LogP contribution in [-0.4, -0.2) is 21.4 Å². The van der Waals surface area contributed by atoms with Crippen LogP contribution in [0.3, 0.4) is 0 Å². The average Bonchev–Trinajstić information content (AvgIpc) is 2.98. The highest BCUT2D eigenvalue weighted by Crippen LogP contribution is 2.26. The van der Waals surface area contributed by atoms with E-state index in [0.29, 0.717) is 16.6 Å². The van der Waals surface area contributed by atoms with Crippen molar-refractivity contribution < 1.29 is 19.1 Å². The van der Waals surface area contributed by atoms with Crippen molar-refractivity contribution in [2.24, 2.45) is 0 Å². The van der Waals surface area contributed by atoms with Crippen LogP contribution in [0.5, 0.6) is 0 Å². The molecule has 1 unspecified atom stereocenters. The number of pyridine rings is 1. The lowest BCUT2D eigenvalue weighted by atomic mass is 9.88. The summed E-state index contributed by atoms with van der Waals surface area (Å²) in [4.78, 5) is 24.1. The number of carboxylic acid groups (broad SMARTS) is 1. The summed E-state index contributed by atoms with van der Waals surface area (Å²) in [5.41, 5.74) is 0.283. The zero-order chi connectivity index (χ0) is 18.0. The fourth-order valence-corrected chi connectivity index (χ4v) is 2.92. The fraction of sp³-hybridized carbons (Fsp3) is 0.158. The maximum atomic E-state index is 13.6. The topological polar surface area (TPSA) is 70.8 Å². The van der Waals surface area contributed by atoms with E-state index < -0.39 is 23.2 Å². The molecule has 0 saturated carbocycles. The number of nitrogens with one attached hydrogen (secondary N) is 1. The summed E-state index contributed by atoms with van der Waals surface area (Å²) in [6, 6.07) is 12.7. The zero-order valence-corrected chi connectivity index (χ0v) is 13.6. The first-order valence-corrected chi connectivity index (χ1v) is 7.75. The van der Waals surface area contributed by atoms with E-state index in [9.17, 15) is 19.1 Å². The van der Waals surface area contributed by atoms with Gasteiger partial charge in [0.25, 0.3) is 5.91 Å². The van der Waals surface area contributed by atoms with Crippen LogP contribution in [0, 0.1) is 5.82 Å². The molecule has 0 aliphatic carbocycles. The molecular formula is C19H17FN2O3. The number of aliphatic carboxylic acids is 1. The molecule has 1 atom stereocenters. The Bertz CT molecular complexity index is 951. The Labute approximate surface area is 143 Å². The van der Waals surface area contributed by atoms with Crippen LogP contribution in [0.25, 0.3) is 5.52 Å². The molecule has 1 amide bonds. The van der Waals surface area contributed by atoms with Gasteiger partial charge in [-0.2, -0.15) is 0 Å². The van der Waals surface area contributed by atoms with Gasteiger partial charge < -0.3 is 14.8 Å². The van der Waals surface area contributed by atoms with E-state index >= 15 is 0 Å². The van der Waals surface area contributed by atoms with Crippen molar-refractivity contribution in [1.29, 1.82) is 0 Å². The van der Waals surface area contributed by atoms with E-state index in [-0.39, 0.29) is 6.42 Å². The van der Waals surface area contributed by atoms with Crippen LogP contribution in [0.15, 0.2) is 60.9 Å². The Morgan fingerprint density at radius 2 is 1.96 bits per heavy atom. The lowest BCUT2D eigenvalue weighted by Gasteiger charge is -2.30. The monoisotopic (exact) mass is 340 g/mol. The molecule has 3 rings (SSSR count). The molecule has 1 aromatic carbocycles. The number of amides is 1. The predicted octanol–water partition coefficient (Wildman–Crippen LogP) is 3.20. The maximum Gasteiger partial charge on any atom is 0.306 e. The standard InChI is InChI=1S/C19H17FN2O3/c1-19(12-17(23)24,13-5-4-6-14(20)11-13)21-18(25)15-8-10-22-9-3-2-7-16(15)22/h2-11H,12H2,1H3,(H,21,25)(H,23,24). The molecule has 128 valence electrons. The number of hydrogen-bond acceptors (Lipinski definition) is 2. The number of carboxylic acids is 1. The molecule has 0 aliphatic rings. The van der Waals surface area contributed by atoms with Crippen molar-refractivity contribution >= 4 is 17.4 Å². The Hall–Kier alpha value is -3.15. The minimum absolute atomic E-state index is 0.367. The Morgan fingerprint density at radius 1 is 1.16 bits per heavy atom. The molecule has 0 bridgehead atoms. The van der Waals surface area contributed by atoms with E-state index in [1.807, 2.05) is 18.3 Å². The van der Waals surface area contributed by atoms with Crippen molar-refractivity contribution in [1.82, 2.24) is 9.72 Å². The number of nitrogens with zero attached hydrogens (tertiary/aromatic N) is 1. The predicted molar refractivity (Wildman–Crippen MR) is 90.9 cm³/mol. The van der Waals surface area contributed by atoms with Crippen molar-refractivity contribution in [2.45, 2.75) is 18.9 Å². The molecule has 2 N–H and O–H groups in total. The van der Waals surface area contributed by atoms with E-state index in [0.717, 1.165) is 0 Å². The first kappa shape index (κ1) is 16.7. The smallest absolute Gasteiger partial charge is 0.306 e. The number of fused-ring (bicyclic) bond motifs is 1. The summed E-state index contributed by atoms with van der Waals surface area (Å²) in [7, 11) is 0. The summed E-state index contributed by atoms with van der Waals surface area (Å²) < 4.78 is 15.4. The summed E-state index contributed by atoms with van der Waals surface area (Å²) in [6.45, 7) is 1.58. The average molecular weight is 340 g/mol. The van der Waals surface area contributed by atoms with Crippen LogP contribution in [0.1, 0.15) is 29.3 Å². The quantitative estimate of drug-likeness (QED) is 0.749. The van der Waals surface area contributed by atoms with Crippen molar-refractivity contribution in [3.63, 3.8) is 0 Å². The minimum Gasteiger partial charge on any atom is -0.481 e. The highest BCUT2D eigenvalue weighted by molar-refractivity contribution is 6.01. The number of rotatable bonds is 5. The largest absolute Gasteiger partial charge is 0.481 e. The van der Waals surface area contributed by atoms with Gasteiger partial charge in [0.05, 0.1) is 23.0 Å². The number of benzene rings is 1. The van der Waals surface area contributed by atoms with Crippen molar-refractivity contribution in [3.05, 3.63) is 77.9 Å². The lowest BCUT2D eigenvalue weighted by molar-refractivity contribution is -0.138. The molecule has 0 saturated heterocycles. The third-order valence-electron chi connectivity index (χ3n) is 4.17. The molecule has 25 heavy (non-hydrogen) atoms. The molecule has 5 nitrogen and oxygen atoms in total. The number of carbonyl (C=O) groups is 2. The molecule has 6 heteroatoms. The zero-order valence-electron chi connectivity index (χ0n) is 13.6. The van der Waals surface area contributed by atoms with Crippen molar-refractivity contribution in [2.75, 3.05) is 0 Å². The molecule has 0 radical (unpaired) electrons. The maximum absolute atomic E-state index is 13.6. The van der Waals surface area contributed by atoms with Gasteiger partial charge in [0.15, 0.2) is 0 Å². The second-order valence-corrected chi connectivity index (χ2v) is 6.09. The van der Waals surface area contributed by atoms with Crippen molar-refractivity contribution in [3.8, 4) is 0 Å². The van der Waals surface area contributed by atoms with Gasteiger partial charge >= 0.3 is 5.97 Å². The first-order valence-electron chi connectivity index (χ1n) is 7.75. The minimum atomic E-state index is -1.24. The van der Waals surface area contributed by atoms with Crippen LogP contribution < -0.4 is 5.32 Å². The van der Waals surface area contributed by atoms with Crippen LogP contribution in [0.4, 0.5) is 4.39 Å². The Balaban J connectivity index is 1.97. The molecular weight excluding hydrogens is 323 g/mol. The molecule has 0 spiro atoms. The molecule has 0 aliphatic heterocycles. The van der Waals surface area contributed by atoms with Crippen LogP contribution in [0.2, 0.25) is 0 Å². The van der Waals surface area contributed by atoms with Gasteiger partial charge in [0, 0.05) is 12.4 Å². The third-order valence-corrected chi connectivity index (χ3v) is 4.17. The second-order valence-electron chi connectivity index (χ2n) is 6.09. The third kappa shape index (κ3) is 3.38. The van der Waals surface area contributed by atoms with Gasteiger partial charge in [-0.3, -0.25) is 9.59 Å². The first-order chi connectivity index (χ1) is 11.9. The Kier molecular flexibility index (Phi) is 4.27. The highest BCUT2D eigenvalue weighted by Gasteiger charge is 2.32.